The number of benzene rings is 2. The third kappa shape index (κ3) is 13.3. The number of pyridine rings is 2. The van der Waals surface area contributed by atoms with E-state index >= 15 is 0 Å². The van der Waals surface area contributed by atoms with Gasteiger partial charge in [0, 0.05) is 97.1 Å². The Balaban J connectivity index is 0.000000115. The minimum atomic E-state index is -4.58. The molecule has 2 aromatic carbocycles. The molecule has 1 unspecified atom stereocenters. The van der Waals surface area contributed by atoms with Gasteiger partial charge in [-0.2, -0.15) is 38.0 Å². The molecule has 1 atom stereocenters. The number of nitrogens with zero attached hydrogens (tertiary/aromatic N) is 15. The van der Waals surface area contributed by atoms with Crippen LogP contribution < -0.4 is 16.0 Å². The summed E-state index contributed by atoms with van der Waals surface area (Å²) < 4.78 is 112. The lowest BCUT2D eigenvalue weighted by molar-refractivity contribution is -0.141. The van der Waals surface area contributed by atoms with E-state index in [1.807, 2.05) is 0 Å². The number of halogens is 9. The Morgan fingerprint density at radius 2 is 0.926 bits per heavy atom. The highest BCUT2D eigenvalue weighted by atomic mass is 35.5. The van der Waals surface area contributed by atoms with E-state index < -0.39 is 47.9 Å². The number of carbonyl (C=O) groups excluding carboxylic acids is 4. The smallest absolute Gasteiger partial charge is 0.348 e. The highest BCUT2D eigenvalue weighted by Crippen LogP contribution is 2.42. The van der Waals surface area contributed by atoms with Gasteiger partial charge in [0.05, 0.1) is 11.1 Å². The van der Waals surface area contributed by atoms with Crippen molar-refractivity contribution >= 4 is 57.8 Å². The van der Waals surface area contributed by atoms with Crippen LogP contribution in [0, 0.1) is 24.5 Å². The van der Waals surface area contributed by atoms with Crippen LogP contribution in [0.5, 0.6) is 0 Å². The quantitative estimate of drug-likeness (QED) is 0.0805. The van der Waals surface area contributed by atoms with Crippen molar-refractivity contribution in [1.29, 1.82) is 0 Å². The van der Waals surface area contributed by atoms with Crippen LogP contribution in [0.1, 0.15) is 91.7 Å². The Labute approximate surface area is 536 Å². The maximum atomic E-state index is 14.0. The van der Waals surface area contributed by atoms with E-state index in [9.17, 15) is 54.3 Å². The largest absolute Gasteiger partial charge is 0.433 e. The van der Waals surface area contributed by atoms with Gasteiger partial charge in [-0.25, -0.2) is 60.5 Å². The molecule has 4 amide bonds. The lowest BCUT2D eigenvalue weighted by Crippen LogP contribution is -2.42. The summed E-state index contributed by atoms with van der Waals surface area (Å²) in [7, 11) is 0. The van der Waals surface area contributed by atoms with Crippen LogP contribution in [0.3, 0.4) is 0 Å². The molecular weight excluding hydrogens is 1270 g/mol. The summed E-state index contributed by atoms with van der Waals surface area (Å²) in [6.45, 7) is 2.93. The Morgan fingerprint density at radius 1 is 0.516 bits per heavy atom. The van der Waals surface area contributed by atoms with Gasteiger partial charge in [-0.05, 0) is 130 Å². The highest BCUT2D eigenvalue weighted by Gasteiger charge is 2.58. The zero-order valence-corrected chi connectivity index (χ0v) is 50.2. The van der Waals surface area contributed by atoms with Gasteiger partial charge in [0.2, 0.25) is 5.95 Å². The summed E-state index contributed by atoms with van der Waals surface area (Å²) in [4.78, 5) is 75.7. The van der Waals surface area contributed by atoms with Crippen molar-refractivity contribution in [3.8, 4) is 45.0 Å². The number of fused-ring (bicyclic) bond motifs is 4. The van der Waals surface area contributed by atoms with Crippen LogP contribution in [0.25, 0.3) is 67.6 Å². The van der Waals surface area contributed by atoms with Crippen molar-refractivity contribution in [3.63, 3.8) is 0 Å². The second-order valence-corrected chi connectivity index (χ2v) is 22.8. The summed E-state index contributed by atoms with van der Waals surface area (Å²) in [5.41, 5.74) is 4.87. The van der Waals surface area contributed by atoms with Gasteiger partial charge in [-0.3, -0.25) is 24.2 Å². The van der Waals surface area contributed by atoms with E-state index in [1.54, 1.807) is 95.5 Å². The van der Waals surface area contributed by atoms with E-state index in [4.69, 9.17) is 11.6 Å². The molecule has 4 fully saturated rings. The van der Waals surface area contributed by atoms with Crippen LogP contribution in [0.4, 0.5) is 35.1 Å². The van der Waals surface area contributed by atoms with Gasteiger partial charge in [-0.15, -0.1) is 0 Å². The lowest BCUT2D eigenvalue weighted by atomic mass is 10.1. The van der Waals surface area contributed by atoms with Crippen LogP contribution in [-0.4, -0.2) is 134 Å². The molecule has 3 aliphatic carbocycles. The molecule has 31 heteroatoms. The molecule has 1 saturated heterocycles. The normalized spacial score (nSPS) is 15.4. The number of likely N-dealkylation sites (tertiary alicyclic amines) is 1. The molecule has 0 radical (unpaired) electrons. The molecular formula is C64H49ClF8N18O4. The molecule has 22 nitrogen and oxygen atoms in total. The molecule has 0 bridgehead atoms. The topological polar surface area (TPSA) is 254 Å². The first kappa shape index (κ1) is 62.6. The van der Waals surface area contributed by atoms with Crippen LogP contribution >= 0.6 is 11.6 Å². The molecule has 1 aliphatic heterocycles. The van der Waals surface area contributed by atoms with Gasteiger partial charge < -0.3 is 20.9 Å². The van der Waals surface area contributed by atoms with Crippen molar-refractivity contribution in [3.05, 3.63) is 203 Å². The van der Waals surface area contributed by atoms with Crippen LogP contribution in [-0.2, 0) is 6.18 Å². The molecule has 12 aromatic rings. The number of carbonyl (C=O) groups is 4. The molecule has 16 rings (SSSR count). The number of aryl methyl sites for hydroxylation is 1. The van der Waals surface area contributed by atoms with Gasteiger partial charge in [0.25, 0.3) is 29.6 Å². The third-order valence-electron chi connectivity index (χ3n) is 15.5. The van der Waals surface area contributed by atoms with E-state index in [2.05, 4.69) is 66.2 Å². The summed E-state index contributed by atoms with van der Waals surface area (Å²) in [5, 5.41) is 24.7. The molecule has 482 valence electrons. The zero-order valence-electron chi connectivity index (χ0n) is 49.5. The lowest BCUT2D eigenvalue weighted by Gasteiger charge is -2.30. The minimum absolute atomic E-state index is 0.0749. The first-order chi connectivity index (χ1) is 45.7. The molecule has 3 N–H and O–H groups in total. The Morgan fingerprint density at radius 3 is 1.34 bits per heavy atom. The fourth-order valence-corrected chi connectivity index (χ4v) is 10.2. The second kappa shape index (κ2) is 25.4. The second-order valence-electron chi connectivity index (χ2n) is 22.4. The summed E-state index contributed by atoms with van der Waals surface area (Å²) in [6, 6.07) is 26.9. The highest BCUT2D eigenvalue weighted by molar-refractivity contribution is 6.30. The number of nitrogens with one attached hydrogen (secondary N) is 3. The predicted molar refractivity (Wildman–Crippen MR) is 326 cm³/mol. The average molecular weight is 1320 g/mol. The Hall–Kier alpha value is -11.2. The molecule has 4 aliphatic rings. The first-order valence-corrected chi connectivity index (χ1v) is 29.9. The van der Waals surface area contributed by atoms with E-state index in [1.165, 1.54) is 62.5 Å². The van der Waals surface area contributed by atoms with Crippen molar-refractivity contribution < 1.29 is 54.3 Å². The number of amides is 4. The van der Waals surface area contributed by atoms with Crippen molar-refractivity contribution in [2.75, 3.05) is 13.1 Å². The van der Waals surface area contributed by atoms with E-state index in [0.29, 0.717) is 69.3 Å². The van der Waals surface area contributed by atoms with E-state index in [-0.39, 0.29) is 80.4 Å². The molecule has 0 spiro atoms. The first-order valence-electron chi connectivity index (χ1n) is 29.5. The molecule has 10 aromatic heterocycles. The van der Waals surface area contributed by atoms with Gasteiger partial charge >= 0.3 is 6.18 Å². The molecule has 95 heavy (non-hydrogen) atoms. The van der Waals surface area contributed by atoms with Crippen LogP contribution in [0.2, 0.25) is 5.02 Å². The average Bonchev–Trinajstić information content (AvgIpc) is 1.65. The van der Waals surface area contributed by atoms with Crippen molar-refractivity contribution in [1.82, 2.24) is 89.2 Å². The fraction of sp³-hybridized carbons (Fsp3) is 0.219. The zero-order chi connectivity index (χ0) is 66.4. The summed E-state index contributed by atoms with van der Waals surface area (Å²) in [5.74, 6) is -6.09. The van der Waals surface area contributed by atoms with Gasteiger partial charge in [-0.1, -0.05) is 29.8 Å². The number of alkyl halides is 5. The summed E-state index contributed by atoms with van der Waals surface area (Å²) >= 11 is 5.70. The predicted octanol–water partition coefficient (Wildman–Crippen LogP) is 10.5. The number of aromatic nitrogens is 14. The third-order valence-corrected chi connectivity index (χ3v) is 15.8. The molecule has 3 saturated carbocycles. The molecule has 11 heterocycles. The van der Waals surface area contributed by atoms with Crippen molar-refractivity contribution in [2.45, 2.75) is 75.7 Å². The van der Waals surface area contributed by atoms with Crippen LogP contribution in [0.15, 0.2) is 146 Å². The Bertz CT molecular complexity index is 4990. The fourth-order valence-electron chi connectivity index (χ4n) is 10.1. The SMILES string of the molecule is Cc1ccc(-c2c(C(=O)NC3CC3)nc3cccnn23)cc1F.O=C(NC1CC1(F)F)c1nc2cccnn2c1-c1ccc(Cl)c(F)c1.O=C(NC1CC1)c1nc2cccnn2c1-c1ccnc(F)c1.O=C(c1nc2cccnn2c1-c1ccnc(C(F)(F)F)c1)N1CCC1. The van der Waals surface area contributed by atoms with Crippen molar-refractivity contribution in [2.24, 2.45) is 0 Å². The number of hydrogen-bond acceptors (Lipinski definition) is 14. The number of rotatable bonds is 11. The summed E-state index contributed by atoms with van der Waals surface area (Å²) in [6.07, 6.45) is 8.46. The monoisotopic (exact) mass is 1320 g/mol. The van der Waals surface area contributed by atoms with Gasteiger partial charge in [0.15, 0.2) is 45.4 Å². The minimum Gasteiger partial charge on any atom is -0.348 e. The number of hydrogen-bond donors (Lipinski definition) is 3. The Kier molecular flexibility index (Phi) is 16.7. The maximum Gasteiger partial charge on any atom is 0.433 e. The van der Waals surface area contributed by atoms with Gasteiger partial charge in [0.1, 0.15) is 40.1 Å². The number of imidazole rings is 4. The standard InChI is InChI=1S/C17H15FN4O.C16H10ClF3N4O.C16H12F3N5O.C15H12FN5O/c1-10-4-5-11(9-13(10)18)16-15(17(23)20-12-6-7-12)21-14-3-2-8-19-22(14)16;17-9-4-3-8(6-10(9)18)14-13(15(25)22-11-7-16(11,19)20)23-12-2-1-5-21-24(12)14;17-16(18,19)11-9-10(4-6-20-11)14-13(15(25)23-7-2-8-23)22-12-3-1-5-21-24(12)14;16-11-8-9(5-7-17-11)14-13(15(22)19-10-3-4-10)20-12-2-1-6-18-21(12)14/h2-5,8-9,12H,6-7H2,1H3,(H,20,23);1-6,11H,7H2,(H,22,25);1,3-6,9H,2,7-8H2;1-2,5-8,10H,3-4H2,(H,19,22). The van der Waals surface area contributed by atoms with E-state index in [0.717, 1.165) is 50.4 Å². The maximum absolute atomic E-state index is 14.0.